The van der Waals surface area contributed by atoms with Crippen LogP contribution in [0.15, 0.2) is 4.99 Å². The molecule has 0 spiro atoms. The maximum absolute atomic E-state index is 4.37. The van der Waals surface area contributed by atoms with Gasteiger partial charge in [-0.05, 0) is 6.92 Å². The molecule has 0 unspecified atom stereocenters. The van der Waals surface area contributed by atoms with E-state index in [1.54, 1.807) is 0 Å². The third-order valence-corrected chi connectivity index (χ3v) is 1.74. The number of hydrogen-bond donors (Lipinski definition) is 2. The van der Waals surface area contributed by atoms with Gasteiger partial charge in [0, 0.05) is 25.0 Å². The normalized spacial score (nSPS) is 21.9. The number of nitrogens with zero attached hydrogens (tertiary/aromatic N) is 1. The second-order valence-corrected chi connectivity index (χ2v) is 3.71. The predicted octanol–water partition coefficient (Wildman–Crippen LogP) is 0.581. The van der Waals surface area contributed by atoms with Crippen LogP contribution < -0.4 is 10.6 Å². The zero-order chi connectivity index (χ0) is 8.32. The minimum atomic E-state index is 0.318. The van der Waals surface area contributed by atoms with Gasteiger partial charge < -0.3 is 10.6 Å². The van der Waals surface area contributed by atoms with Gasteiger partial charge in [-0.2, -0.15) is 0 Å². The van der Waals surface area contributed by atoms with Gasteiger partial charge in [-0.25, -0.2) is 0 Å². The molecule has 0 fully saturated rings. The second-order valence-electron chi connectivity index (χ2n) is 3.71. The Hall–Kier alpha value is -0.730. The van der Waals surface area contributed by atoms with E-state index in [2.05, 4.69) is 36.4 Å². The highest BCUT2D eigenvalue weighted by Gasteiger charge is 2.21. The molecule has 1 aliphatic rings. The third kappa shape index (κ3) is 2.41. The minimum Gasteiger partial charge on any atom is -0.357 e. The van der Waals surface area contributed by atoms with Crippen LogP contribution >= 0.6 is 0 Å². The van der Waals surface area contributed by atoms with Crippen molar-refractivity contribution in [2.45, 2.75) is 20.8 Å². The Kier molecular flexibility index (Phi) is 2.37. The van der Waals surface area contributed by atoms with Crippen molar-refractivity contribution in [1.29, 1.82) is 0 Å². The van der Waals surface area contributed by atoms with Crippen LogP contribution in [-0.4, -0.2) is 25.6 Å². The molecule has 0 amide bonds. The van der Waals surface area contributed by atoms with Crippen LogP contribution in [0.1, 0.15) is 20.8 Å². The SMILES string of the molecule is CCNC1=NCC(C)(C)CN1. The zero-order valence-corrected chi connectivity index (χ0v) is 7.57. The van der Waals surface area contributed by atoms with E-state index in [0.717, 1.165) is 25.6 Å². The molecule has 0 aromatic rings. The summed E-state index contributed by atoms with van der Waals surface area (Å²) in [5, 5.41) is 6.41. The van der Waals surface area contributed by atoms with Gasteiger partial charge in [-0.3, -0.25) is 4.99 Å². The van der Waals surface area contributed by atoms with Crippen molar-refractivity contribution in [3.8, 4) is 0 Å². The fraction of sp³-hybridized carbons (Fsp3) is 0.875. The molecule has 0 aliphatic carbocycles. The molecule has 0 aromatic heterocycles. The topological polar surface area (TPSA) is 36.4 Å². The Bertz CT molecular complexity index is 161. The molecule has 1 rings (SSSR count). The molecule has 3 nitrogen and oxygen atoms in total. The van der Waals surface area contributed by atoms with E-state index >= 15 is 0 Å². The number of aliphatic imine (C=N–C) groups is 1. The Balaban J connectivity index is 2.44. The minimum absolute atomic E-state index is 0.318. The number of rotatable bonds is 1. The van der Waals surface area contributed by atoms with Crippen LogP contribution in [0.5, 0.6) is 0 Å². The fourth-order valence-corrected chi connectivity index (χ4v) is 1.01. The standard InChI is InChI=1S/C8H17N3/c1-4-9-7-10-5-8(2,3)6-11-7/h4-6H2,1-3H3,(H2,9,10,11). The number of hydrogen-bond acceptors (Lipinski definition) is 3. The molecule has 0 aromatic carbocycles. The molecule has 2 N–H and O–H groups in total. The van der Waals surface area contributed by atoms with E-state index in [0.29, 0.717) is 5.41 Å². The van der Waals surface area contributed by atoms with Gasteiger partial charge in [0.05, 0.1) is 0 Å². The summed E-state index contributed by atoms with van der Waals surface area (Å²) in [7, 11) is 0. The van der Waals surface area contributed by atoms with Crippen molar-refractivity contribution in [2.75, 3.05) is 19.6 Å². The zero-order valence-electron chi connectivity index (χ0n) is 7.57. The van der Waals surface area contributed by atoms with Crippen LogP contribution in [0.4, 0.5) is 0 Å². The number of guanidine groups is 1. The van der Waals surface area contributed by atoms with Gasteiger partial charge in [-0.1, -0.05) is 13.8 Å². The lowest BCUT2D eigenvalue weighted by molar-refractivity contribution is 0.358. The highest BCUT2D eigenvalue weighted by molar-refractivity contribution is 5.80. The van der Waals surface area contributed by atoms with Gasteiger partial charge in [0.1, 0.15) is 0 Å². The van der Waals surface area contributed by atoms with Crippen LogP contribution in [0.3, 0.4) is 0 Å². The lowest BCUT2D eigenvalue weighted by atomic mass is 9.93. The van der Waals surface area contributed by atoms with Crippen LogP contribution in [0.25, 0.3) is 0 Å². The first-order valence-corrected chi connectivity index (χ1v) is 4.16. The summed E-state index contributed by atoms with van der Waals surface area (Å²) in [6, 6.07) is 0. The maximum atomic E-state index is 4.37. The Morgan fingerprint density at radius 1 is 1.64 bits per heavy atom. The highest BCUT2D eigenvalue weighted by atomic mass is 15.2. The van der Waals surface area contributed by atoms with Gasteiger partial charge in [0.25, 0.3) is 0 Å². The monoisotopic (exact) mass is 155 g/mol. The van der Waals surface area contributed by atoms with E-state index < -0.39 is 0 Å². The summed E-state index contributed by atoms with van der Waals surface area (Å²) in [6.07, 6.45) is 0. The van der Waals surface area contributed by atoms with Gasteiger partial charge >= 0.3 is 0 Å². The van der Waals surface area contributed by atoms with Crippen molar-refractivity contribution < 1.29 is 0 Å². The highest BCUT2D eigenvalue weighted by Crippen LogP contribution is 2.15. The molecule has 0 bridgehead atoms. The number of nitrogens with one attached hydrogen (secondary N) is 2. The summed E-state index contributed by atoms with van der Waals surface area (Å²) in [5.74, 6) is 0.951. The quantitative estimate of drug-likeness (QED) is 0.581. The van der Waals surface area contributed by atoms with Crippen molar-refractivity contribution in [2.24, 2.45) is 10.4 Å². The lowest BCUT2D eigenvalue weighted by Gasteiger charge is -2.29. The molecule has 0 saturated heterocycles. The van der Waals surface area contributed by atoms with Gasteiger partial charge in [-0.15, -0.1) is 0 Å². The molecule has 64 valence electrons. The Morgan fingerprint density at radius 3 is 2.82 bits per heavy atom. The molecule has 1 heterocycles. The molecule has 3 heteroatoms. The van der Waals surface area contributed by atoms with Gasteiger partial charge in [0.15, 0.2) is 5.96 Å². The first-order valence-electron chi connectivity index (χ1n) is 4.16. The molecule has 0 radical (unpaired) electrons. The summed E-state index contributed by atoms with van der Waals surface area (Å²) in [4.78, 5) is 4.37. The molecule has 0 atom stereocenters. The van der Waals surface area contributed by atoms with Crippen LogP contribution in [0, 0.1) is 5.41 Å². The van der Waals surface area contributed by atoms with Crippen LogP contribution in [0.2, 0.25) is 0 Å². The lowest BCUT2D eigenvalue weighted by Crippen LogP contribution is -2.47. The average molecular weight is 155 g/mol. The van der Waals surface area contributed by atoms with E-state index in [4.69, 9.17) is 0 Å². The van der Waals surface area contributed by atoms with E-state index in [1.165, 1.54) is 0 Å². The van der Waals surface area contributed by atoms with Crippen molar-refractivity contribution >= 4 is 5.96 Å². The van der Waals surface area contributed by atoms with E-state index in [-0.39, 0.29) is 0 Å². The smallest absolute Gasteiger partial charge is 0.191 e. The molecule has 11 heavy (non-hydrogen) atoms. The maximum Gasteiger partial charge on any atom is 0.191 e. The first kappa shape index (κ1) is 8.37. The second kappa shape index (κ2) is 3.11. The molecule has 0 saturated carbocycles. The Morgan fingerprint density at radius 2 is 2.36 bits per heavy atom. The Labute approximate surface area is 68.3 Å². The summed E-state index contributed by atoms with van der Waals surface area (Å²) < 4.78 is 0. The summed E-state index contributed by atoms with van der Waals surface area (Å²) >= 11 is 0. The summed E-state index contributed by atoms with van der Waals surface area (Å²) in [5.41, 5.74) is 0.318. The average Bonchev–Trinajstić information content (AvgIpc) is 1.94. The predicted molar refractivity (Wildman–Crippen MR) is 47.8 cm³/mol. The van der Waals surface area contributed by atoms with E-state index in [9.17, 15) is 0 Å². The third-order valence-electron chi connectivity index (χ3n) is 1.74. The van der Waals surface area contributed by atoms with Crippen molar-refractivity contribution in [3.63, 3.8) is 0 Å². The van der Waals surface area contributed by atoms with Gasteiger partial charge in [0.2, 0.25) is 0 Å². The largest absolute Gasteiger partial charge is 0.357 e. The van der Waals surface area contributed by atoms with Crippen molar-refractivity contribution in [3.05, 3.63) is 0 Å². The molecular weight excluding hydrogens is 138 g/mol. The summed E-state index contributed by atoms with van der Waals surface area (Å²) in [6.45, 7) is 9.37. The van der Waals surface area contributed by atoms with Crippen molar-refractivity contribution in [1.82, 2.24) is 10.6 Å². The first-order chi connectivity index (χ1) is 5.14. The van der Waals surface area contributed by atoms with Crippen LogP contribution in [-0.2, 0) is 0 Å². The molecular formula is C8H17N3. The molecule has 1 aliphatic heterocycles. The van der Waals surface area contributed by atoms with E-state index in [1.807, 2.05) is 0 Å². The fourth-order valence-electron chi connectivity index (χ4n) is 1.01.